The smallest absolute Gasteiger partial charge is 0.333 e. The van der Waals surface area contributed by atoms with E-state index in [1.54, 1.807) is 7.11 Å². The molecule has 0 saturated heterocycles. The summed E-state index contributed by atoms with van der Waals surface area (Å²) in [6, 6.07) is 7.33. The number of carboxylic acids is 1. The van der Waals surface area contributed by atoms with Crippen LogP contribution in [0.25, 0.3) is 10.4 Å². The molecule has 29 heavy (non-hydrogen) atoms. The van der Waals surface area contributed by atoms with Gasteiger partial charge in [0.15, 0.2) is 5.75 Å². The van der Waals surface area contributed by atoms with Crippen LogP contribution < -0.4 is 15.0 Å². The Balaban J connectivity index is 1.62. The van der Waals surface area contributed by atoms with E-state index in [9.17, 15) is 9.90 Å². The molecule has 0 bridgehead atoms. The van der Waals surface area contributed by atoms with Crippen molar-refractivity contribution in [3.63, 3.8) is 0 Å². The fourth-order valence-electron chi connectivity index (χ4n) is 4.68. The highest BCUT2D eigenvalue weighted by Gasteiger charge is 2.36. The van der Waals surface area contributed by atoms with Crippen LogP contribution in [0.15, 0.2) is 30.0 Å². The van der Waals surface area contributed by atoms with Crippen molar-refractivity contribution in [2.45, 2.75) is 50.6 Å². The quantitative estimate of drug-likeness (QED) is 0.759. The van der Waals surface area contributed by atoms with Crippen LogP contribution in [0.2, 0.25) is 0 Å². The Kier molecular flexibility index (Phi) is 4.63. The topological polar surface area (TPSA) is 61.8 Å². The van der Waals surface area contributed by atoms with Crippen molar-refractivity contribution < 1.29 is 14.6 Å². The Bertz CT molecular complexity index is 1010. The number of carbonyl (C=O) groups is 1. The summed E-state index contributed by atoms with van der Waals surface area (Å²) >= 11 is 1.87. The van der Waals surface area contributed by atoms with E-state index in [1.165, 1.54) is 28.2 Å². The molecular formula is C23H26N2O3S. The van der Waals surface area contributed by atoms with Crippen molar-refractivity contribution >= 4 is 23.0 Å². The average molecular weight is 411 g/mol. The first-order chi connectivity index (χ1) is 14.1. The zero-order valence-corrected chi connectivity index (χ0v) is 17.6. The first kappa shape index (κ1) is 18.7. The predicted molar refractivity (Wildman–Crippen MR) is 116 cm³/mol. The number of thiophene rings is 1. The predicted octanol–water partition coefficient (Wildman–Crippen LogP) is 4.51. The number of benzene rings is 1. The van der Waals surface area contributed by atoms with E-state index < -0.39 is 5.97 Å². The number of methoxy groups -OCH3 is 1. The number of nitrogens with one attached hydrogen (secondary N) is 1. The molecule has 1 unspecified atom stereocenters. The molecule has 0 spiro atoms. The largest absolute Gasteiger partial charge is 0.494 e. The summed E-state index contributed by atoms with van der Waals surface area (Å²) in [7, 11) is 3.76. The molecule has 2 N–H and O–H groups in total. The number of carboxylic acid groups (broad SMARTS) is 1. The van der Waals surface area contributed by atoms with Crippen LogP contribution in [0.4, 0.5) is 5.69 Å². The average Bonchev–Trinajstić information content (AvgIpc) is 3.49. The van der Waals surface area contributed by atoms with Gasteiger partial charge in [-0.25, -0.2) is 4.79 Å². The third-order valence-corrected chi connectivity index (χ3v) is 7.54. The molecule has 1 fully saturated rings. The number of rotatable bonds is 5. The molecular weight excluding hydrogens is 384 g/mol. The second kappa shape index (κ2) is 7.18. The summed E-state index contributed by atoms with van der Waals surface area (Å²) in [5.41, 5.74) is 5.06. The summed E-state index contributed by atoms with van der Waals surface area (Å²) in [5, 5.41) is 13.0. The number of aryl methyl sites for hydroxylation is 1. The van der Waals surface area contributed by atoms with Crippen LogP contribution in [-0.4, -0.2) is 31.3 Å². The van der Waals surface area contributed by atoms with Crippen LogP contribution in [0.5, 0.6) is 5.75 Å². The molecule has 1 saturated carbocycles. The van der Waals surface area contributed by atoms with Gasteiger partial charge in [-0.15, -0.1) is 11.3 Å². The van der Waals surface area contributed by atoms with E-state index in [0.29, 0.717) is 24.1 Å². The highest BCUT2D eigenvalue weighted by atomic mass is 32.1. The molecule has 152 valence electrons. The maximum absolute atomic E-state index is 11.6. The number of fused-ring (bicyclic) bond motifs is 2. The van der Waals surface area contributed by atoms with Gasteiger partial charge in [0.1, 0.15) is 0 Å². The van der Waals surface area contributed by atoms with Gasteiger partial charge in [-0.05, 0) is 62.4 Å². The van der Waals surface area contributed by atoms with Crippen molar-refractivity contribution in [3.05, 3.63) is 46.0 Å². The second-order valence-electron chi connectivity index (χ2n) is 8.15. The lowest BCUT2D eigenvalue weighted by Gasteiger charge is -2.31. The third-order valence-electron chi connectivity index (χ3n) is 6.30. The Morgan fingerprint density at radius 1 is 1.31 bits per heavy atom. The number of ether oxygens (including phenoxy) is 1. The molecule has 1 aliphatic heterocycles. The minimum Gasteiger partial charge on any atom is -0.494 e. The van der Waals surface area contributed by atoms with Crippen molar-refractivity contribution in [1.29, 1.82) is 0 Å². The van der Waals surface area contributed by atoms with Gasteiger partial charge in [-0.2, -0.15) is 0 Å². The Labute approximate surface area is 175 Å². The Morgan fingerprint density at radius 2 is 2.14 bits per heavy atom. The first-order valence-corrected chi connectivity index (χ1v) is 11.1. The van der Waals surface area contributed by atoms with Crippen molar-refractivity contribution in [2.24, 2.45) is 0 Å². The number of anilines is 1. The van der Waals surface area contributed by atoms with Crippen molar-refractivity contribution in [3.8, 4) is 16.2 Å². The van der Waals surface area contributed by atoms with Gasteiger partial charge in [-0.1, -0.05) is 6.07 Å². The summed E-state index contributed by atoms with van der Waals surface area (Å²) in [4.78, 5) is 16.5. The molecule has 2 aliphatic carbocycles. The molecule has 0 amide bonds. The Hall–Kier alpha value is -2.31. The van der Waals surface area contributed by atoms with Gasteiger partial charge in [-0.3, -0.25) is 0 Å². The number of aliphatic carboxylic acids is 1. The van der Waals surface area contributed by atoms with Gasteiger partial charge in [0.2, 0.25) is 0 Å². The summed E-state index contributed by atoms with van der Waals surface area (Å²) in [6.45, 7) is 0. The van der Waals surface area contributed by atoms with Crippen molar-refractivity contribution in [2.75, 3.05) is 19.1 Å². The van der Waals surface area contributed by atoms with Crippen LogP contribution in [0.3, 0.4) is 0 Å². The van der Waals surface area contributed by atoms with E-state index in [0.717, 1.165) is 41.8 Å². The van der Waals surface area contributed by atoms with Gasteiger partial charge < -0.3 is 20.1 Å². The monoisotopic (exact) mass is 410 g/mol. The van der Waals surface area contributed by atoms with E-state index in [1.807, 2.05) is 24.6 Å². The lowest BCUT2D eigenvalue weighted by Crippen LogP contribution is -2.27. The second-order valence-corrected chi connectivity index (χ2v) is 9.29. The molecule has 1 aromatic heterocycles. The zero-order chi connectivity index (χ0) is 20.1. The van der Waals surface area contributed by atoms with E-state index in [-0.39, 0.29) is 0 Å². The number of hydrogen-bond acceptors (Lipinski definition) is 5. The third kappa shape index (κ3) is 3.15. The fourth-order valence-corrected chi connectivity index (χ4v) is 5.97. The van der Waals surface area contributed by atoms with E-state index in [2.05, 4.69) is 28.4 Å². The lowest BCUT2D eigenvalue weighted by atomic mass is 9.92. The van der Waals surface area contributed by atoms with E-state index >= 15 is 0 Å². The molecule has 1 aromatic carbocycles. The zero-order valence-electron chi connectivity index (χ0n) is 16.8. The minimum absolute atomic E-state index is 0.373. The number of nitrogens with zero attached hydrogens (tertiary/aromatic N) is 1. The fraction of sp³-hybridized carbons (Fsp3) is 0.435. The summed E-state index contributed by atoms with van der Waals surface area (Å²) in [6.07, 6.45) is 7.99. The highest BCUT2D eigenvalue weighted by molar-refractivity contribution is 7.15. The SMILES string of the molecule is CNC1CCCc2sc(-c3ccc4c(c3OC)N(C3CC3)C=C(C(=O)O)C4)cc21. The van der Waals surface area contributed by atoms with Gasteiger partial charge >= 0.3 is 5.97 Å². The maximum atomic E-state index is 11.6. The molecule has 2 heterocycles. The normalized spacial score (nSPS) is 20.7. The standard InChI is InChI=1S/C23H26N2O3S/c1-24-18-4-3-5-19-17(18)11-20(29-19)16-9-6-13-10-14(23(26)27)12-25(15-7-8-15)21(13)22(16)28-2/h6,9,11-12,15,18,24H,3-5,7-8,10H2,1-2H3,(H,26,27). The molecule has 0 radical (unpaired) electrons. The molecule has 2 aromatic rings. The van der Waals surface area contributed by atoms with Gasteiger partial charge in [0.25, 0.3) is 0 Å². The molecule has 1 atom stereocenters. The maximum Gasteiger partial charge on any atom is 0.333 e. The lowest BCUT2D eigenvalue weighted by molar-refractivity contribution is -0.132. The molecule has 3 aliphatic rings. The van der Waals surface area contributed by atoms with Crippen LogP contribution >= 0.6 is 11.3 Å². The summed E-state index contributed by atoms with van der Waals surface area (Å²) < 4.78 is 5.96. The highest BCUT2D eigenvalue weighted by Crippen LogP contribution is 2.50. The van der Waals surface area contributed by atoms with Crippen LogP contribution in [-0.2, 0) is 17.6 Å². The molecule has 5 rings (SSSR count). The summed E-state index contributed by atoms with van der Waals surface area (Å²) in [5.74, 6) is 0.0306. The van der Waals surface area contributed by atoms with Crippen LogP contribution in [0.1, 0.15) is 47.7 Å². The minimum atomic E-state index is -0.839. The Morgan fingerprint density at radius 3 is 2.83 bits per heavy atom. The van der Waals surface area contributed by atoms with Crippen LogP contribution in [0, 0.1) is 0 Å². The van der Waals surface area contributed by atoms with Crippen molar-refractivity contribution in [1.82, 2.24) is 5.32 Å². The van der Waals surface area contributed by atoms with E-state index in [4.69, 9.17) is 4.74 Å². The van der Waals surface area contributed by atoms with Gasteiger partial charge in [0, 0.05) is 40.0 Å². The molecule has 6 heteroatoms. The first-order valence-electron chi connectivity index (χ1n) is 10.3. The van der Waals surface area contributed by atoms with Gasteiger partial charge in [0.05, 0.1) is 18.4 Å². The molecule has 5 nitrogen and oxygen atoms in total. The number of hydrogen-bond donors (Lipinski definition) is 2.